The molecule has 1 aromatic carbocycles. The summed E-state index contributed by atoms with van der Waals surface area (Å²) in [6.07, 6.45) is 1.60. The third-order valence-corrected chi connectivity index (χ3v) is 3.09. The minimum atomic E-state index is -0.677. The summed E-state index contributed by atoms with van der Waals surface area (Å²) in [5, 5.41) is 10.1. The van der Waals surface area contributed by atoms with Crippen molar-refractivity contribution in [2.45, 2.75) is 18.4 Å². The minimum absolute atomic E-state index is 0.535. The molecular formula is C12H14O4. The largest absolute Gasteiger partial charge is 0.493 e. The number of hydrogen-bond acceptors (Lipinski definition) is 4. The SMILES string of the molecule is COc1cc(C2(O)CC2)cc2c1OCCO2. The smallest absolute Gasteiger partial charge is 0.203 e. The molecule has 0 atom stereocenters. The van der Waals surface area contributed by atoms with Crippen LogP contribution in [-0.2, 0) is 5.60 Å². The van der Waals surface area contributed by atoms with Gasteiger partial charge in [0.05, 0.1) is 12.7 Å². The molecule has 0 bridgehead atoms. The highest BCUT2D eigenvalue weighted by molar-refractivity contribution is 5.56. The molecule has 0 aromatic heterocycles. The molecule has 86 valence electrons. The Bertz CT molecular complexity index is 406. The molecule has 1 saturated carbocycles. The molecule has 16 heavy (non-hydrogen) atoms. The first-order chi connectivity index (χ1) is 7.73. The number of hydrogen-bond donors (Lipinski definition) is 1. The van der Waals surface area contributed by atoms with E-state index >= 15 is 0 Å². The summed E-state index contributed by atoms with van der Waals surface area (Å²) in [6, 6.07) is 3.69. The predicted molar refractivity (Wildman–Crippen MR) is 57.1 cm³/mol. The number of fused-ring (bicyclic) bond motifs is 1. The number of benzene rings is 1. The molecule has 2 aliphatic rings. The van der Waals surface area contributed by atoms with Gasteiger partial charge in [0.2, 0.25) is 5.75 Å². The third kappa shape index (κ3) is 1.41. The van der Waals surface area contributed by atoms with Crippen LogP contribution in [0.25, 0.3) is 0 Å². The summed E-state index contributed by atoms with van der Waals surface area (Å²) >= 11 is 0. The topological polar surface area (TPSA) is 47.9 Å². The number of aliphatic hydroxyl groups is 1. The first-order valence-corrected chi connectivity index (χ1v) is 5.43. The lowest BCUT2D eigenvalue weighted by atomic mass is 10.1. The van der Waals surface area contributed by atoms with E-state index in [-0.39, 0.29) is 0 Å². The van der Waals surface area contributed by atoms with Crippen LogP contribution in [0.3, 0.4) is 0 Å². The fourth-order valence-electron chi connectivity index (χ4n) is 1.95. The second-order valence-corrected chi connectivity index (χ2v) is 4.23. The van der Waals surface area contributed by atoms with Gasteiger partial charge >= 0.3 is 0 Å². The summed E-state index contributed by atoms with van der Waals surface area (Å²) < 4.78 is 16.3. The van der Waals surface area contributed by atoms with Crippen molar-refractivity contribution in [1.82, 2.24) is 0 Å². The van der Waals surface area contributed by atoms with Crippen molar-refractivity contribution in [1.29, 1.82) is 0 Å². The molecule has 1 aliphatic carbocycles. The van der Waals surface area contributed by atoms with Gasteiger partial charge in [-0.15, -0.1) is 0 Å². The van der Waals surface area contributed by atoms with Crippen LogP contribution in [0.15, 0.2) is 12.1 Å². The average Bonchev–Trinajstić information content (AvgIpc) is 3.07. The van der Waals surface area contributed by atoms with Crippen LogP contribution in [0.5, 0.6) is 17.2 Å². The predicted octanol–water partition coefficient (Wildman–Crippen LogP) is 1.45. The molecule has 3 rings (SSSR count). The second-order valence-electron chi connectivity index (χ2n) is 4.23. The molecule has 0 spiro atoms. The van der Waals surface area contributed by atoms with E-state index in [1.165, 1.54) is 0 Å². The zero-order valence-electron chi connectivity index (χ0n) is 9.16. The van der Waals surface area contributed by atoms with Crippen LogP contribution >= 0.6 is 0 Å². The Morgan fingerprint density at radius 3 is 2.69 bits per heavy atom. The quantitative estimate of drug-likeness (QED) is 0.822. The lowest BCUT2D eigenvalue weighted by Crippen LogP contribution is -2.17. The zero-order chi connectivity index (χ0) is 11.2. The van der Waals surface area contributed by atoms with Crippen LogP contribution in [-0.4, -0.2) is 25.4 Å². The molecule has 4 nitrogen and oxygen atoms in total. The maximum atomic E-state index is 10.1. The Morgan fingerprint density at radius 2 is 2.00 bits per heavy atom. The first kappa shape index (κ1) is 9.78. The standard InChI is InChI=1S/C12H14O4/c1-14-9-6-8(12(13)2-3-12)7-10-11(9)16-5-4-15-10/h6-7,13H,2-5H2,1H3. The average molecular weight is 222 g/mol. The van der Waals surface area contributed by atoms with Gasteiger partial charge in [0.1, 0.15) is 13.2 Å². The van der Waals surface area contributed by atoms with E-state index in [9.17, 15) is 5.11 Å². The summed E-state index contributed by atoms with van der Waals surface area (Å²) in [7, 11) is 1.59. The fraction of sp³-hybridized carbons (Fsp3) is 0.500. The molecule has 4 heteroatoms. The first-order valence-electron chi connectivity index (χ1n) is 5.43. The molecule has 1 heterocycles. The molecular weight excluding hydrogens is 208 g/mol. The molecule has 0 saturated heterocycles. The van der Waals surface area contributed by atoms with Crippen LogP contribution in [0.1, 0.15) is 18.4 Å². The van der Waals surface area contributed by atoms with E-state index in [1.54, 1.807) is 7.11 Å². The summed E-state index contributed by atoms with van der Waals surface area (Å²) in [5.41, 5.74) is 0.178. The number of ether oxygens (including phenoxy) is 3. The van der Waals surface area contributed by atoms with Crippen molar-refractivity contribution in [3.8, 4) is 17.2 Å². The van der Waals surface area contributed by atoms with E-state index in [0.717, 1.165) is 18.4 Å². The van der Waals surface area contributed by atoms with Crippen molar-refractivity contribution < 1.29 is 19.3 Å². The normalized spacial score (nSPS) is 20.4. The fourth-order valence-corrected chi connectivity index (χ4v) is 1.95. The van der Waals surface area contributed by atoms with Crippen molar-refractivity contribution >= 4 is 0 Å². The van der Waals surface area contributed by atoms with Crippen LogP contribution < -0.4 is 14.2 Å². The highest BCUT2D eigenvalue weighted by atomic mass is 16.6. The number of methoxy groups -OCH3 is 1. The Hall–Kier alpha value is -1.42. The van der Waals surface area contributed by atoms with Crippen molar-refractivity contribution in [3.63, 3.8) is 0 Å². The number of rotatable bonds is 2. The molecule has 1 fully saturated rings. The molecule has 1 N–H and O–H groups in total. The van der Waals surface area contributed by atoms with Gasteiger partial charge in [-0.2, -0.15) is 0 Å². The van der Waals surface area contributed by atoms with Gasteiger partial charge in [0.25, 0.3) is 0 Å². The Balaban J connectivity index is 2.09. The van der Waals surface area contributed by atoms with Crippen molar-refractivity contribution in [2.75, 3.05) is 20.3 Å². The Labute approximate surface area is 93.7 Å². The van der Waals surface area contributed by atoms with E-state index < -0.39 is 5.60 Å². The summed E-state index contributed by atoms with van der Waals surface area (Å²) in [6.45, 7) is 1.07. The van der Waals surface area contributed by atoms with Crippen LogP contribution in [0.4, 0.5) is 0 Å². The molecule has 1 aliphatic heterocycles. The van der Waals surface area contributed by atoms with Gasteiger partial charge in [-0.3, -0.25) is 0 Å². The van der Waals surface area contributed by atoms with Gasteiger partial charge in [-0.25, -0.2) is 0 Å². The second kappa shape index (κ2) is 3.28. The van der Waals surface area contributed by atoms with E-state index in [4.69, 9.17) is 14.2 Å². The minimum Gasteiger partial charge on any atom is -0.493 e. The van der Waals surface area contributed by atoms with E-state index in [2.05, 4.69) is 0 Å². The van der Waals surface area contributed by atoms with Gasteiger partial charge in [-0.1, -0.05) is 0 Å². The third-order valence-electron chi connectivity index (χ3n) is 3.09. The molecule has 0 unspecified atom stereocenters. The highest BCUT2D eigenvalue weighted by Crippen LogP contribution is 2.50. The highest BCUT2D eigenvalue weighted by Gasteiger charge is 2.43. The van der Waals surface area contributed by atoms with E-state index in [0.29, 0.717) is 30.5 Å². The molecule has 0 amide bonds. The van der Waals surface area contributed by atoms with Crippen LogP contribution in [0.2, 0.25) is 0 Å². The van der Waals surface area contributed by atoms with Gasteiger partial charge < -0.3 is 19.3 Å². The van der Waals surface area contributed by atoms with Gasteiger partial charge in [0.15, 0.2) is 11.5 Å². The molecule has 1 aromatic rings. The van der Waals surface area contributed by atoms with Gasteiger partial charge in [-0.05, 0) is 30.5 Å². The Kier molecular flexibility index (Phi) is 2.01. The van der Waals surface area contributed by atoms with Crippen molar-refractivity contribution in [3.05, 3.63) is 17.7 Å². The maximum absolute atomic E-state index is 10.1. The Morgan fingerprint density at radius 1 is 1.25 bits per heavy atom. The maximum Gasteiger partial charge on any atom is 0.203 e. The molecule has 0 radical (unpaired) electrons. The van der Waals surface area contributed by atoms with Gasteiger partial charge in [0, 0.05) is 0 Å². The monoisotopic (exact) mass is 222 g/mol. The summed E-state index contributed by atoms with van der Waals surface area (Å²) in [4.78, 5) is 0. The van der Waals surface area contributed by atoms with Crippen LogP contribution in [0, 0.1) is 0 Å². The lowest BCUT2D eigenvalue weighted by Gasteiger charge is -2.22. The van der Waals surface area contributed by atoms with E-state index in [1.807, 2.05) is 12.1 Å². The van der Waals surface area contributed by atoms with Crippen molar-refractivity contribution in [2.24, 2.45) is 0 Å². The summed E-state index contributed by atoms with van der Waals surface area (Å²) in [5.74, 6) is 1.94. The zero-order valence-corrected chi connectivity index (χ0v) is 9.16. The lowest BCUT2D eigenvalue weighted by molar-refractivity contribution is 0.145.